The van der Waals surface area contributed by atoms with Crippen LogP contribution < -0.4 is 4.74 Å². The molecule has 0 aromatic heterocycles. The summed E-state index contributed by atoms with van der Waals surface area (Å²) in [7, 11) is 0. The van der Waals surface area contributed by atoms with Crippen molar-refractivity contribution in [2.24, 2.45) is 0 Å². The number of rotatable bonds is 2. The molecule has 176 valence electrons. The monoisotopic (exact) mass is 470 g/mol. The number of ether oxygens (including phenoxy) is 1. The van der Waals surface area contributed by atoms with Gasteiger partial charge in [-0.2, -0.15) is 0 Å². The third kappa shape index (κ3) is 3.24. The summed E-state index contributed by atoms with van der Waals surface area (Å²) < 4.78 is 6.29. The smallest absolute Gasteiger partial charge is 0.135 e. The summed E-state index contributed by atoms with van der Waals surface area (Å²) >= 11 is 0. The third-order valence-corrected chi connectivity index (χ3v) is 6.96. The first-order valence-corrected chi connectivity index (χ1v) is 11.2. The van der Waals surface area contributed by atoms with Gasteiger partial charge in [-0.15, -0.1) is 0 Å². The summed E-state index contributed by atoms with van der Waals surface area (Å²) in [5.74, 6) is -1.15. The second-order valence-electron chi connectivity index (χ2n) is 9.04. The molecule has 0 radical (unpaired) electrons. The van der Waals surface area contributed by atoms with Crippen LogP contribution in [0.15, 0.2) is 72.8 Å². The molecule has 0 amide bonds. The Balaban J connectivity index is 1.67. The standard InChI is InChI=1S/C28H22O7/c29-15-5-1-13(2-6-15)23-24-19(9-17(31)11-21(24)33)26-25-20(27(23)34)10-18(32)12-22(25)35-28(26)14-3-7-16(30)8-4-14/h1-12,23,26-34H/t23-,26-,27-,28-/m1/s1. The summed E-state index contributed by atoms with van der Waals surface area (Å²) in [5.41, 5.74) is 3.46. The van der Waals surface area contributed by atoms with Crippen molar-refractivity contribution in [2.45, 2.75) is 24.0 Å². The quantitative estimate of drug-likeness (QED) is 0.251. The molecule has 0 bridgehead atoms. The molecule has 4 aromatic rings. The van der Waals surface area contributed by atoms with Gasteiger partial charge in [-0.25, -0.2) is 0 Å². The molecule has 0 spiro atoms. The summed E-state index contributed by atoms with van der Waals surface area (Å²) in [6.45, 7) is 0. The van der Waals surface area contributed by atoms with E-state index in [1.165, 1.54) is 30.3 Å². The van der Waals surface area contributed by atoms with Crippen molar-refractivity contribution in [2.75, 3.05) is 0 Å². The fourth-order valence-electron chi connectivity index (χ4n) is 5.52. The lowest BCUT2D eigenvalue weighted by Crippen LogP contribution is -2.15. The molecule has 0 unspecified atom stereocenters. The minimum absolute atomic E-state index is 0.0622. The molecule has 0 fully saturated rings. The van der Waals surface area contributed by atoms with E-state index >= 15 is 0 Å². The largest absolute Gasteiger partial charge is 0.508 e. The van der Waals surface area contributed by atoms with Gasteiger partial charge in [0.05, 0.1) is 12.0 Å². The summed E-state index contributed by atoms with van der Waals surface area (Å²) in [4.78, 5) is 0. The van der Waals surface area contributed by atoms with Gasteiger partial charge in [0.1, 0.15) is 40.6 Å². The minimum atomic E-state index is -1.18. The first-order chi connectivity index (χ1) is 16.8. The van der Waals surface area contributed by atoms with Crippen molar-refractivity contribution >= 4 is 0 Å². The molecule has 1 heterocycles. The van der Waals surface area contributed by atoms with Crippen molar-refractivity contribution in [1.82, 2.24) is 0 Å². The van der Waals surface area contributed by atoms with Crippen LogP contribution in [0, 0.1) is 0 Å². The second-order valence-corrected chi connectivity index (χ2v) is 9.04. The van der Waals surface area contributed by atoms with Crippen LogP contribution in [0.4, 0.5) is 0 Å². The average molecular weight is 470 g/mol. The van der Waals surface area contributed by atoms with E-state index in [2.05, 4.69) is 0 Å². The Morgan fingerprint density at radius 3 is 1.77 bits per heavy atom. The molecule has 4 atom stereocenters. The minimum Gasteiger partial charge on any atom is -0.508 e. The molecule has 4 aromatic carbocycles. The molecule has 35 heavy (non-hydrogen) atoms. The van der Waals surface area contributed by atoms with Crippen molar-refractivity contribution in [3.05, 3.63) is 106 Å². The van der Waals surface area contributed by atoms with E-state index in [-0.39, 0.29) is 28.7 Å². The van der Waals surface area contributed by atoms with Crippen LogP contribution in [0.3, 0.4) is 0 Å². The Hall–Kier alpha value is -4.36. The van der Waals surface area contributed by atoms with E-state index in [0.717, 1.165) is 5.56 Å². The zero-order valence-electron chi connectivity index (χ0n) is 18.3. The molecule has 7 nitrogen and oxygen atoms in total. The highest BCUT2D eigenvalue weighted by Crippen LogP contribution is 2.60. The fourth-order valence-corrected chi connectivity index (χ4v) is 5.52. The molecular formula is C28H22O7. The SMILES string of the molecule is Oc1ccc([C@@H]2c3c(O)cc(O)cc3[C@@H]3c4c(cc(O)cc4[C@H]2O)O[C@@H]3c2ccc(O)cc2)cc1. The van der Waals surface area contributed by atoms with E-state index in [0.29, 0.717) is 33.6 Å². The van der Waals surface area contributed by atoms with E-state index in [9.17, 15) is 30.6 Å². The van der Waals surface area contributed by atoms with Crippen molar-refractivity contribution in [3.8, 4) is 34.5 Å². The van der Waals surface area contributed by atoms with Crippen molar-refractivity contribution in [1.29, 1.82) is 0 Å². The molecule has 0 saturated heterocycles. The first-order valence-electron chi connectivity index (χ1n) is 11.2. The molecule has 0 saturated carbocycles. The van der Waals surface area contributed by atoms with E-state index in [4.69, 9.17) is 4.74 Å². The number of phenolic OH excluding ortho intramolecular Hbond substituents is 5. The molecule has 7 heteroatoms. The van der Waals surface area contributed by atoms with Gasteiger partial charge < -0.3 is 35.4 Å². The van der Waals surface area contributed by atoms with E-state index < -0.39 is 24.0 Å². The molecule has 6 N–H and O–H groups in total. The zero-order chi connectivity index (χ0) is 24.4. The predicted molar refractivity (Wildman–Crippen MR) is 126 cm³/mol. The Bertz CT molecular complexity index is 1440. The second kappa shape index (κ2) is 7.58. The van der Waals surface area contributed by atoms with Gasteiger partial charge in [0.2, 0.25) is 0 Å². The maximum Gasteiger partial charge on any atom is 0.135 e. The fraction of sp³-hybridized carbons (Fsp3) is 0.143. The van der Waals surface area contributed by atoms with Crippen LogP contribution in [0.5, 0.6) is 34.5 Å². The molecule has 2 aliphatic rings. The number of hydrogen-bond acceptors (Lipinski definition) is 7. The van der Waals surface area contributed by atoms with Gasteiger partial charge in [0.25, 0.3) is 0 Å². The molecule has 1 aliphatic heterocycles. The maximum absolute atomic E-state index is 11.7. The van der Waals surface area contributed by atoms with Crippen LogP contribution in [-0.4, -0.2) is 30.6 Å². The Kier molecular flexibility index (Phi) is 4.59. The number of aliphatic hydroxyl groups excluding tert-OH is 1. The molecule has 1 aliphatic carbocycles. The molecule has 6 rings (SSSR count). The van der Waals surface area contributed by atoms with Crippen LogP contribution in [-0.2, 0) is 0 Å². The van der Waals surface area contributed by atoms with Gasteiger partial charge >= 0.3 is 0 Å². The van der Waals surface area contributed by atoms with Crippen LogP contribution in [0.25, 0.3) is 0 Å². The van der Waals surface area contributed by atoms with E-state index in [1.807, 2.05) is 0 Å². The summed E-state index contributed by atoms with van der Waals surface area (Å²) in [6.07, 6.45) is -1.79. The summed E-state index contributed by atoms with van der Waals surface area (Å²) in [5, 5.41) is 63.3. The lowest BCUT2D eigenvalue weighted by atomic mass is 9.80. The normalized spacial score (nSPS) is 22.1. The van der Waals surface area contributed by atoms with Gasteiger partial charge in [0, 0.05) is 29.2 Å². The first kappa shape index (κ1) is 21.2. The number of aliphatic hydroxyl groups is 1. The zero-order valence-corrected chi connectivity index (χ0v) is 18.3. The average Bonchev–Trinajstić information content (AvgIpc) is 3.15. The van der Waals surface area contributed by atoms with Crippen LogP contribution in [0.1, 0.15) is 57.4 Å². The Morgan fingerprint density at radius 2 is 1.11 bits per heavy atom. The maximum atomic E-state index is 11.7. The van der Waals surface area contributed by atoms with Crippen molar-refractivity contribution < 1.29 is 35.4 Å². The summed E-state index contributed by atoms with van der Waals surface area (Å²) in [6, 6.07) is 18.7. The van der Waals surface area contributed by atoms with Gasteiger partial charge in [-0.05, 0) is 58.7 Å². The number of phenols is 5. The van der Waals surface area contributed by atoms with Crippen molar-refractivity contribution in [3.63, 3.8) is 0 Å². The lowest BCUT2D eigenvalue weighted by molar-refractivity contribution is 0.157. The predicted octanol–water partition coefficient (Wildman–Crippen LogP) is 4.66. The Morgan fingerprint density at radius 1 is 0.543 bits per heavy atom. The van der Waals surface area contributed by atoms with Crippen LogP contribution >= 0.6 is 0 Å². The Labute approximate surface area is 200 Å². The van der Waals surface area contributed by atoms with Gasteiger partial charge in [-0.1, -0.05) is 24.3 Å². The lowest BCUT2D eigenvalue weighted by Gasteiger charge is -2.27. The third-order valence-electron chi connectivity index (χ3n) is 6.96. The van der Waals surface area contributed by atoms with E-state index in [1.54, 1.807) is 42.5 Å². The molecular weight excluding hydrogens is 448 g/mol. The van der Waals surface area contributed by atoms with Gasteiger partial charge in [0.15, 0.2) is 0 Å². The number of fused-ring (bicyclic) bond motifs is 2. The van der Waals surface area contributed by atoms with Gasteiger partial charge in [-0.3, -0.25) is 0 Å². The highest BCUT2D eigenvalue weighted by Gasteiger charge is 2.47. The number of aromatic hydroxyl groups is 5. The number of hydrogen-bond donors (Lipinski definition) is 6. The topological polar surface area (TPSA) is 131 Å². The highest BCUT2D eigenvalue weighted by molar-refractivity contribution is 5.65. The highest BCUT2D eigenvalue weighted by atomic mass is 16.5. The van der Waals surface area contributed by atoms with Crippen LogP contribution in [0.2, 0.25) is 0 Å². The number of benzene rings is 4.